The zero-order valence-electron chi connectivity index (χ0n) is 20.0. The SMILES string of the molecule is COc1ccc(C(=O)Nc2cccc(/C(C)=N/NC(=O)c3c(O)ccc4ccccc34)c2)cc1OC. The van der Waals surface area contributed by atoms with Gasteiger partial charge in [-0.2, -0.15) is 5.10 Å². The van der Waals surface area contributed by atoms with Crippen molar-refractivity contribution in [2.75, 3.05) is 19.5 Å². The molecule has 0 fully saturated rings. The van der Waals surface area contributed by atoms with Crippen LogP contribution in [0.25, 0.3) is 10.8 Å². The molecule has 0 aromatic heterocycles. The standard InChI is InChI=1S/C28H25N3O5/c1-17(30-31-28(34)26-22-10-5-4-7-18(22)11-13-23(26)32)19-8-6-9-21(15-19)29-27(33)20-12-14-24(35-2)25(16-20)36-3/h4-16,32H,1-3H3,(H,29,33)(H,31,34)/b30-17+. The van der Waals surface area contributed by atoms with Crippen LogP contribution in [0, 0.1) is 0 Å². The van der Waals surface area contributed by atoms with Crippen LogP contribution in [-0.4, -0.2) is 36.9 Å². The highest BCUT2D eigenvalue weighted by molar-refractivity contribution is 6.10. The third kappa shape index (κ3) is 5.12. The first kappa shape index (κ1) is 24.3. The lowest BCUT2D eigenvalue weighted by atomic mass is 10.0. The van der Waals surface area contributed by atoms with Crippen LogP contribution in [0.1, 0.15) is 33.2 Å². The summed E-state index contributed by atoms with van der Waals surface area (Å²) in [6.45, 7) is 1.73. The summed E-state index contributed by atoms with van der Waals surface area (Å²) >= 11 is 0. The molecule has 182 valence electrons. The number of amides is 2. The molecule has 0 unspecified atom stereocenters. The number of hydrogen-bond acceptors (Lipinski definition) is 6. The van der Waals surface area contributed by atoms with Gasteiger partial charge in [-0.15, -0.1) is 0 Å². The van der Waals surface area contributed by atoms with Crippen LogP contribution in [0.2, 0.25) is 0 Å². The highest BCUT2D eigenvalue weighted by Gasteiger charge is 2.15. The number of hydrogen-bond donors (Lipinski definition) is 3. The molecular weight excluding hydrogens is 458 g/mol. The number of phenols is 1. The van der Waals surface area contributed by atoms with Crippen molar-refractivity contribution in [1.82, 2.24) is 5.43 Å². The van der Waals surface area contributed by atoms with Crippen LogP contribution in [-0.2, 0) is 0 Å². The fourth-order valence-electron chi connectivity index (χ4n) is 3.76. The van der Waals surface area contributed by atoms with E-state index in [0.29, 0.717) is 39.4 Å². The second-order valence-corrected chi connectivity index (χ2v) is 7.92. The number of fused-ring (bicyclic) bond motifs is 1. The molecule has 0 spiro atoms. The van der Waals surface area contributed by atoms with Gasteiger partial charge >= 0.3 is 0 Å². The summed E-state index contributed by atoms with van der Waals surface area (Å²) in [5.74, 6) is 0.0134. The molecule has 0 radical (unpaired) electrons. The van der Waals surface area contributed by atoms with Crippen molar-refractivity contribution in [3.05, 3.63) is 95.6 Å². The van der Waals surface area contributed by atoms with Crippen molar-refractivity contribution in [2.24, 2.45) is 5.10 Å². The lowest BCUT2D eigenvalue weighted by molar-refractivity contribution is 0.0953. The topological polar surface area (TPSA) is 109 Å². The average Bonchev–Trinajstić information content (AvgIpc) is 2.91. The quantitative estimate of drug-likeness (QED) is 0.254. The normalized spacial score (nSPS) is 11.1. The van der Waals surface area contributed by atoms with Gasteiger partial charge in [0.1, 0.15) is 5.75 Å². The summed E-state index contributed by atoms with van der Waals surface area (Å²) in [5, 5.41) is 18.8. The van der Waals surface area contributed by atoms with Gasteiger partial charge in [-0.1, -0.05) is 42.5 Å². The largest absolute Gasteiger partial charge is 0.507 e. The maximum absolute atomic E-state index is 12.8. The van der Waals surface area contributed by atoms with E-state index in [1.54, 1.807) is 61.5 Å². The molecule has 2 amide bonds. The highest BCUT2D eigenvalue weighted by atomic mass is 16.5. The Hall–Kier alpha value is -4.85. The van der Waals surface area contributed by atoms with E-state index in [9.17, 15) is 14.7 Å². The maximum atomic E-state index is 12.8. The molecule has 3 N–H and O–H groups in total. The van der Waals surface area contributed by atoms with Gasteiger partial charge in [0.25, 0.3) is 11.8 Å². The van der Waals surface area contributed by atoms with E-state index in [-0.39, 0.29) is 17.2 Å². The molecule has 4 aromatic rings. The van der Waals surface area contributed by atoms with Crippen LogP contribution in [0.4, 0.5) is 5.69 Å². The zero-order chi connectivity index (χ0) is 25.7. The number of benzene rings is 4. The van der Waals surface area contributed by atoms with Crippen molar-refractivity contribution in [3.63, 3.8) is 0 Å². The molecule has 0 bridgehead atoms. The lowest BCUT2D eigenvalue weighted by Crippen LogP contribution is -2.20. The molecule has 8 nitrogen and oxygen atoms in total. The Morgan fingerprint density at radius 1 is 0.806 bits per heavy atom. The van der Waals surface area contributed by atoms with E-state index in [2.05, 4.69) is 15.8 Å². The number of methoxy groups -OCH3 is 2. The summed E-state index contributed by atoms with van der Waals surface area (Å²) in [5.41, 5.74) is 4.85. The fourth-order valence-corrected chi connectivity index (χ4v) is 3.76. The molecule has 4 rings (SSSR count). The van der Waals surface area contributed by atoms with E-state index < -0.39 is 5.91 Å². The third-order valence-electron chi connectivity index (χ3n) is 5.64. The van der Waals surface area contributed by atoms with Gasteiger partial charge in [0.2, 0.25) is 0 Å². The Bertz CT molecular complexity index is 1480. The Kier molecular flexibility index (Phi) is 7.15. The van der Waals surface area contributed by atoms with Gasteiger partial charge in [-0.25, -0.2) is 5.43 Å². The molecule has 4 aromatic carbocycles. The highest BCUT2D eigenvalue weighted by Crippen LogP contribution is 2.28. The van der Waals surface area contributed by atoms with Crippen LogP contribution < -0.4 is 20.2 Å². The monoisotopic (exact) mass is 483 g/mol. The Morgan fingerprint density at radius 2 is 1.58 bits per heavy atom. The van der Waals surface area contributed by atoms with Gasteiger partial charge in [-0.3, -0.25) is 9.59 Å². The molecule has 0 heterocycles. The summed E-state index contributed by atoms with van der Waals surface area (Å²) in [6, 6.07) is 22.5. The number of carbonyl (C=O) groups is 2. The summed E-state index contributed by atoms with van der Waals surface area (Å²) in [4.78, 5) is 25.6. The Labute approximate surface area is 208 Å². The van der Waals surface area contributed by atoms with E-state index in [1.807, 2.05) is 18.2 Å². The predicted molar refractivity (Wildman–Crippen MR) is 139 cm³/mol. The Morgan fingerprint density at radius 3 is 2.36 bits per heavy atom. The number of ether oxygens (including phenoxy) is 2. The number of carbonyl (C=O) groups excluding carboxylic acids is 2. The number of nitrogens with one attached hydrogen (secondary N) is 2. The summed E-state index contributed by atoms with van der Waals surface area (Å²) < 4.78 is 10.5. The predicted octanol–water partition coefficient (Wildman–Crippen LogP) is 4.97. The van der Waals surface area contributed by atoms with Crippen molar-refractivity contribution in [3.8, 4) is 17.2 Å². The van der Waals surface area contributed by atoms with E-state index in [0.717, 1.165) is 5.39 Å². The summed E-state index contributed by atoms with van der Waals surface area (Å²) in [6.07, 6.45) is 0. The minimum Gasteiger partial charge on any atom is -0.507 e. The summed E-state index contributed by atoms with van der Waals surface area (Å²) in [7, 11) is 3.03. The molecule has 0 aliphatic carbocycles. The van der Waals surface area contributed by atoms with Crippen molar-refractivity contribution in [1.29, 1.82) is 0 Å². The van der Waals surface area contributed by atoms with Gasteiger partial charge < -0.3 is 19.9 Å². The molecule has 0 aliphatic rings. The van der Waals surface area contributed by atoms with Crippen molar-refractivity contribution >= 4 is 34.0 Å². The zero-order valence-corrected chi connectivity index (χ0v) is 20.0. The molecule has 0 saturated heterocycles. The minimum atomic E-state index is -0.526. The maximum Gasteiger partial charge on any atom is 0.275 e. The van der Waals surface area contributed by atoms with Gasteiger partial charge in [0, 0.05) is 11.3 Å². The smallest absolute Gasteiger partial charge is 0.275 e. The number of nitrogens with zero attached hydrogens (tertiary/aromatic N) is 1. The van der Waals surface area contributed by atoms with Crippen molar-refractivity contribution in [2.45, 2.75) is 6.92 Å². The van der Waals surface area contributed by atoms with Crippen LogP contribution in [0.5, 0.6) is 17.2 Å². The molecule has 8 heteroatoms. The molecule has 0 atom stereocenters. The molecule has 36 heavy (non-hydrogen) atoms. The molecular formula is C28H25N3O5. The lowest BCUT2D eigenvalue weighted by Gasteiger charge is -2.11. The fraction of sp³-hybridized carbons (Fsp3) is 0.107. The average molecular weight is 484 g/mol. The first-order chi connectivity index (χ1) is 17.4. The number of aromatic hydroxyl groups is 1. The number of phenolic OH excluding ortho intramolecular Hbond substituents is 1. The Balaban J connectivity index is 1.50. The van der Waals surface area contributed by atoms with Gasteiger partial charge in [-0.05, 0) is 59.7 Å². The van der Waals surface area contributed by atoms with E-state index in [1.165, 1.54) is 20.3 Å². The van der Waals surface area contributed by atoms with Crippen molar-refractivity contribution < 1.29 is 24.2 Å². The first-order valence-corrected chi connectivity index (χ1v) is 11.1. The van der Waals surface area contributed by atoms with Crippen LogP contribution >= 0.6 is 0 Å². The number of hydrazone groups is 1. The third-order valence-corrected chi connectivity index (χ3v) is 5.64. The molecule has 0 saturated carbocycles. The number of rotatable bonds is 7. The second-order valence-electron chi connectivity index (χ2n) is 7.92. The van der Waals surface area contributed by atoms with Gasteiger partial charge in [0.05, 0.1) is 25.5 Å². The van der Waals surface area contributed by atoms with Crippen LogP contribution in [0.15, 0.2) is 84.0 Å². The van der Waals surface area contributed by atoms with Crippen LogP contribution in [0.3, 0.4) is 0 Å². The molecule has 0 aliphatic heterocycles. The second kappa shape index (κ2) is 10.6. The number of anilines is 1. The van der Waals surface area contributed by atoms with E-state index >= 15 is 0 Å². The minimum absolute atomic E-state index is 0.126. The first-order valence-electron chi connectivity index (χ1n) is 11.1. The van der Waals surface area contributed by atoms with Gasteiger partial charge in [0.15, 0.2) is 11.5 Å². The van der Waals surface area contributed by atoms with E-state index in [4.69, 9.17) is 9.47 Å².